The number of aryl methyl sites for hydroxylation is 1. The van der Waals surface area contributed by atoms with Crippen molar-refractivity contribution in [1.82, 2.24) is 4.98 Å². The molecule has 1 unspecified atom stereocenters. The average Bonchev–Trinajstić information content (AvgIpc) is 2.44. The van der Waals surface area contributed by atoms with Crippen molar-refractivity contribution in [1.29, 1.82) is 0 Å². The zero-order valence-electron chi connectivity index (χ0n) is 10.6. The zero-order valence-corrected chi connectivity index (χ0v) is 11.5. The highest BCUT2D eigenvalue weighted by atomic mass is 32.2. The number of anilines is 1. The molecule has 0 aliphatic carbocycles. The van der Waals surface area contributed by atoms with Crippen molar-refractivity contribution in [2.24, 2.45) is 0 Å². The molecule has 3 heteroatoms. The van der Waals surface area contributed by atoms with Crippen LogP contribution in [0, 0.1) is 6.92 Å². The van der Waals surface area contributed by atoms with E-state index in [1.54, 1.807) is 0 Å². The summed E-state index contributed by atoms with van der Waals surface area (Å²) in [7, 11) is 0. The van der Waals surface area contributed by atoms with Gasteiger partial charge in [0.15, 0.2) is 0 Å². The van der Waals surface area contributed by atoms with Crippen LogP contribution < -0.4 is 5.32 Å². The summed E-state index contributed by atoms with van der Waals surface area (Å²) < 4.78 is 0. The molecule has 1 aliphatic heterocycles. The SMILES string of the molecule is Cc1ccc(NC2CCCSC2)c2cccnc12. The maximum atomic E-state index is 4.49. The van der Waals surface area contributed by atoms with Crippen molar-refractivity contribution in [2.75, 3.05) is 16.8 Å². The van der Waals surface area contributed by atoms with E-state index in [9.17, 15) is 0 Å². The second-order valence-electron chi connectivity index (χ2n) is 4.89. The van der Waals surface area contributed by atoms with E-state index in [2.05, 4.69) is 47.2 Å². The van der Waals surface area contributed by atoms with Gasteiger partial charge in [-0.05, 0) is 49.3 Å². The van der Waals surface area contributed by atoms with Crippen LogP contribution >= 0.6 is 11.8 Å². The molecule has 0 spiro atoms. The van der Waals surface area contributed by atoms with Gasteiger partial charge in [-0.15, -0.1) is 0 Å². The first kappa shape index (κ1) is 11.8. The molecule has 0 radical (unpaired) electrons. The third kappa shape index (κ3) is 2.32. The summed E-state index contributed by atoms with van der Waals surface area (Å²) in [4.78, 5) is 4.49. The van der Waals surface area contributed by atoms with Crippen molar-refractivity contribution < 1.29 is 0 Å². The van der Waals surface area contributed by atoms with E-state index >= 15 is 0 Å². The van der Waals surface area contributed by atoms with E-state index in [4.69, 9.17) is 0 Å². The number of benzene rings is 1. The highest BCUT2D eigenvalue weighted by Crippen LogP contribution is 2.27. The van der Waals surface area contributed by atoms with E-state index in [0.717, 1.165) is 5.52 Å². The Hall–Kier alpha value is -1.22. The number of thioether (sulfide) groups is 1. The summed E-state index contributed by atoms with van der Waals surface area (Å²) in [5, 5.41) is 4.93. The molecule has 1 aromatic carbocycles. The van der Waals surface area contributed by atoms with Gasteiger partial charge in [-0.3, -0.25) is 4.98 Å². The summed E-state index contributed by atoms with van der Waals surface area (Å²) in [6, 6.07) is 9.14. The molecule has 0 bridgehead atoms. The largest absolute Gasteiger partial charge is 0.381 e. The maximum Gasteiger partial charge on any atom is 0.0751 e. The number of fused-ring (bicyclic) bond motifs is 1. The van der Waals surface area contributed by atoms with Crippen LogP contribution in [0.5, 0.6) is 0 Å². The quantitative estimate of drug-likeness (QED) is 0.885. The predicted octanol–water partition coefficient (Wildman–Crippen LogP) is 3.85. The first-order valence-electron chi connectivity index (χ1n) is 6.53. The predicted molar refractivity (Wildman–Crippen MR) is 80.4 cm³/mol. The number of pyridine rings is 1. The Labute approximate surface area is 112 Å². The fraction of sp³-hybridized carbons (Fsp3) is 0.400. The number of hydrogen-bond acceptors (Lipinski definition) is 3. The van der Waals surface area contributed by atoms with Crippen LogP contribution in [0.3, 0.4) is 0 Å². The van der Waals surface area contributed by atoms with Gasteiger partial charge in [0, 0.05) is 29.1 Å². The Bertz CT molecular complexity index is 547. The van der Waals surface area contributed by atoms with E-state index in [1.807, 2.05) is 12.3 Å². The van der Waals surface area contributed by atoms with Gasteiger partial charge in [-0.25, -0.2) is 0 Å². The molecule has 1 saturated heterocycles. The third-order valence-electron chi connectivity index (χ3n) is 3.49. The Morgan fingerprint density at radius 1 is 1.33 bits per heavy atom. The lowest BCUT2D eigenvalue weighted by atomic mass is 10.1. The Kier molecular flexibility index (Phi) is 3.41. The number of hydrogen-bond donors (Lipinski definition) is 1. The van der Waals surface area contributed by atoms with Gasteiger partial charge in [-0.2, -0.15) is 11.8 Å². The van der Waals surface area contributed by atoms with Crippen LogP contribution in [0.15, 0.2) is 30.5 Å². The average molecular weight is 258 g/mol. The summed E-state index contributed by atoms with van der Waals surface area (Å²) in [6.07, 6.45) is 4.47. The molecule has 1 aromatic heterocycles. The second-order valence-corrected chi connectivity index (χ2v) is 6.04. The molecular weight excluding hydrogens is 240 g/mol. The molecule has 1 fully saturated rings. The smallest absolute Gasteiger partial charge is 0.0751 e. The lowest BCUT2D eigenvalue weighted by Gasteiger charge is -2.24. The van der Waals surface area contributed by atoms with Crippen LogP contribution in [-0.4, -0.2) is 22.5 Å². The second kappa shape index (κ2) is 5.19. The molecule has 1 N–H and O–H groups in total. The van der Waals surface area contributed by atoms with Crippen molar-refractivity contribution in [3.8, 4) is 0 Å². The lowest BCUT2D eigenvalue weighted by Crippen LogP contribution is -2.25. The monoisotopic (exact) mass is 258 g/mol. The zero-order chi connectivity index (χ0) is 12.4. The van der Waals surface area contributed by atoms with Crippen molar-refractivity contribution >= 4 is 28.4 Å². The van der Waals surface area contributed by atoms with Crippen molar-refractivity contribution in [2.45, 2.75) is 25.8 Å². The first-order valence-corrected chi connectivity index (χ1v) is 7.69. The van der Waals surface area contributed by atoms with Gasteiger partial charge < -0.3 is 5.32 Å². The number of aromatic nitrogens is 1. The van der Waals surface area contributed by atoms with Gasteiger partial charge in [0.05, 0.1) is 5.52 Å². The molecule has 3 rings (SSSR count). The van der Waals surface area contributed by atoms with Gasteiger partial charge >= 0.3 is 0 Å². The minimum absolute atomic E-state index is 0.606. The van der Waals surface area contributed by atoms with Crippen molar-refractivity contribution in [3.63, 3.8) is 0 Å². The standard InChI is InChI=1S/C15H18N2S/c1-11-6-7-14(13-5-2-8-16-15(11)13)17-12-4-3-9-18-10-12/h2,5-8,12,17H,3-4,9-10H2,1H3. The fourth-order valence-electron chi connectivity index (χ4n) is 2.51. The normalized spacial score (nSPS) is 19.9. The van der Waals surface area contributed by atoms with E-state index in [1.165, 1.54) is 41.0 Å². The first-order chi connectivity index (χ1) is 8.84. The Morgan fingerprint density at radius 3 is 3.11 bits per heavy atom. The lowest BCUT2D eigenvalue weighted by molar-refractivity contribution is 0.686. The van der Waals surface area contributed by atoms with E-state index < -0.39 is 0 Å². The van der Waals surface area contributed by atoms with Crippen LogP contribution in [0.1, 0.15) is 18.4 Å². The summed E-state index contributed by atoms with van der Waals surface area (Å²) in [5.74, 6) is 2.53. The van der Waals surface area contributed by atoms with Gasteiger partial charge in [0.25, 0.3) is 0 Å². The number of rotatable bonds is 2. The van der Waals surface area contributed by atoms with Crippen LogP contribution in [0.4, 0.5) is 5.69 Å². The minimum Gasteiger partial charge on any atom is -0.381 e. The molecule has 0 saturated carbocycles. The Balaban J connectivity index is 1.94. The third-order valence-corrected chi connectivity index (χ3v) is 4.71. The molecule has 2 nitrogen and oxygen atoms in total. The number of nitrogens with one attached hydrogen (secondary N) is 1. The van der Waals surface area contributed by atoms with Gasteiger partial charge in [0.1, 0.15) is 0 Å². The molecule has 2 aromatic rings. The minimum atomic E-state index is 0.606. The Morgan fingerprint density at radius 2 is 2.28 bits per heavy atom. The highest BCUT2D eigenvalue weighted by Gasteiger charge is 2.14. The molecular formula is C15H18N2S. The molecule has 2 heterocycles. The maximum absolute atomic E-state index is 4.49. The number of nitrogens with zero attached hydrogens (tertiary/aromatic N) is 1. The topological polar surface area (TPSA) is 24.9 Å². The summed E-state index contributed by atoms with van der Waals surface area (Å²) >= 11 is 2.05. The fourth-order valence-corrected chi connectivity index (χ4v) is 3.59. The molecule has 94 valence electrons. The highest BCUT2D eigenvalue weighted by molar-refractivity contribution is 7.99. The van der Waals surface area contributed by atoms with Gasteiger partial charge in [0.2, 0.25) is 0 Å². The molecule has 1 atom stereocenters. The van der Waals surface area contributed by atoms with Crippen LogP contribution in [0.25, 0.3) is 10.9 Å². The molecule has 1 aliphatic rings. The summed E-state index contributed by atoms with van der Waals surface area (Å²) in [6.45, 7) is 2.12. The van der Waals surface area contributed by atoms with E-state index in [0.29, 0.717) is 6.04 Å². The van der Waals surface area contributed by atoms with Gasteiger partial charge in [-0.1, -0.05) is 6.07 Å². The summed E-state index contributed by atoms with van der Waals surface area (Å²) in [5.41, 5.74) is 3.59. The molecule has 18 heavy (non-hydrogen) atoms. The molecule has 0 amide bonds. The van der Waals surface area contributed by atoms with E-state index in [-0.39, 0.29) is 0 Å². The van der Waals surface area contributed by atoms with Crippen LogP contribution in [0.2, 0.25) is 0 Å². The van der Waals surface area contributed by atoms with Crippen LogP contribution in [-0.2, 0) is 0 Å². The van der Waals surface area contributed by atoms with Crippen molar-refractivity contribution in [3.05, 3.63) is 36.0 Å².